The number of ether oxygens (including phenoxy) is 3. The molecule has 0 bridgehead atoms. The van der Waals surface area contributed by atoms with E-state index in [4.69, 9.17) is 19.9 Å². The molecule has 0 saturated carbocycles. The Kier molecular flexibility index (Phi) is 12.2. The zero-order valence-electron chi connectivity index (χ0n) is 15.6. The minimum Gasteiger partial charge on any atom is -0.497 e. The number of rotatable bonds is 11. The molecule has 2 rings (SSSR count). The van der Waals surface area contributed by atoms with Crippen LogP contribution in [0.2, 0.25) is 0 Å². The molecular formula is C20H28IN3O3. The predicted octanol–water partition coefficient (Wildman–Crippen LogP) is 3.66. The van der Waals surface area contributed by atoms with Crippen molar-refractivity contribution in [3.8, 4) is 5.75 Å². The number of hydrogen-bond donors (Lipinski definition) is 2. The van der Waals surface area contributed by atoms with E-state index in [9.17, 15) is 0 Å². The van der Waals surface area contributed by atoms with Crippen LogP contribution in [0.4, 0.5) is 5.69 Å². The van der Waals surface area contributed by atoms with Crippen LogP contribution in [0.5, 0.6) is 5.75 Å². The van der Waals surface area contributed by atoms with Crippen molar-refractivity contribution in [1.82, 2.24) is 0 Å². The van der Waals surface area contributed by atoms with Gasteiger partial charge in [0.1, 0.15) is 5.75 Å². The van der Waals surface area contributed by atoms with Crippen molar-refractivity contribution in [2.24, 2.45) is 10.7 Å². The van der Waals surface area contributed by atoms with Gasteiger partial charge in [-0.25, -0.2) is 0 Å². The monoisotopic (exact) mass is 485 g/mol. The first-order valence-corrected chi connectivity index (χ1v) is 8.68. The lowest BCUT2D eigenvalue weighted by Crippen LogP contribution is -2.23. The zero-order valence-corrected chi connectivity index (χ0v) is 17.9. The third kappa shape index (κ3) is 10.2. The maximum Gasteiger partial charge on any atom is 0.193 e. The van der Waals surface area contributed by atoms with Gasteiger partial charge < -0.3 is 25.3 Å². The van der Waals surface area contributed by atoms with E-state index in [1.54, 1.807) is 7.11 Å². The molecule has 0 aliphatic rings. The van der Waals surface area contributed by atoms with Crippen LogP contribution in [0.1, 0.15) is 12.0 Å². The Morgan fingerprint density at radius 2 is 1.67 bits per heavy atom. The molecule has 148 valence electrons. The average molecular weight is 485 g/mol. The summed E-state index contributed by atoms with van der Waals surface area (Å²) in [6, 6.07) is 17.6. The molecule has 7 heteroatoms. The van der Waals surface area contributed by atoms with Gasteiger partial charge in [-0.05, 0) is 36.2 Å². The smallest absolute Gasteiger partial charge is 0.193 e. The van der Waals surface area contributed by atoms with E-state index in [-0.39, 0.29) is 24.0 Å². The molecule has 0 aliphatic carbocycles. The van der Waals surface area contributed by atoms with E-state index in [0.29, 0.717) is 38.9 Å². The third-order valence-electron chi connectivity index (χ3n) is 3.57. The number of aliphatic imine (C=N–C) groups is 1. The summed E-state index contributed by atoms with van der Waals surface area (Å²) in [5.41, 5.74) is 7.90. The highest BCUT2D eigenvalue weighted by Gasteiger charge is 1.97. The number of benzene rings is 2. The molecule has 3 N–H and O–H groups in total. The van der Waals surface area contributed by atoms with Gasteiger partial charge in [-0.2, -0.15) is 0 Å². The summed E-state index contributed by atoms with van der Waals surface area (Å²) in [6.07, 6.45) is 0.809. The summed E-state index contributed by atoms with van der Waals surface area (Å²) < 4.78 is 16.2. The standard InChI is InChI=1S/C20H27N3O3.HI/c1-24-19-10-8-18(9-11-19)23-20(21)22-12-5-13-25-14-15-26-16-17-6-3-2-4-7-17;/h2-4,6-11H,5,12-16H2,1H3,(H3,21,22,23);1H. The van der Waals surface area contributed by atoms with Crippen LogP contribution in [-0.4, -0.2) is 39.4 Å². The van der Waals surface area contributed by atoms with Crippen LogP contribution in [0.15, 0.2) is 59.6 Å². The van der Waals surface area contributed by atoms with Crippen LogP contribution in [0, 0.1) is 0 Å². The molecule has 0 aliphatic heterocycles. The van der Waals surface area contributed by atoms with E-state index < -0.39 is 0 Å². The molecule has 27 heavy (non-hydrogen) atoms. The predicted molar refractivity (Wildman–Crippen MR) is 120 cm³/mol. The van der Waals surface area contributed by atoms with Gasteiger partial charge in [0.25, 0.3) is 0 Å². The van der Waals surface area contributed by atoms with Crippen molar-refractivity contribution in [2.75, 3.05) is 38.8 Å². The number of anilines is 1. The minimum absolute atomic E-state index is 0. The molecule has 6 nitrogen and oxygen atoms in total. The summed E-state index contributed by atoms with van der Waals surface area (Å²) in [5.74, 6) is 1.19. The fraction of sp³-hybridized carbons (Fsp3) is 0.350. The van der Waals surface area contributed by atoms with Gasteiger partial charge >= 0.3 is 0 Å². The Morgan fingerprint density at radius 3 is 2.37 bits per heavy atom. The minimum atomic E-state index is 0. The van der Waals surface area contributed by atoms with Gasteiger partial charge in [-0.1, -0.05) is 30.3 Å². The number of nitrogens with zero attached hydrogens (tertiary/aromatic N) is 1. The summed E-state index contributed by atoms with van der Waals surface area (Å²) >= 11 is 0. The molecular weight excluding hydrogens is 457 g/mol. The summed E-state index contributed by atoms with van der Waals surface area (Å²) in [6.45, 7) is 3.02. The Balaban J connectivity index is 0.00000364. The van der Waals surface area contributed by atoms with Crippen LogP contribution < -0.4 is 15.8 Å². The highest BCUT2D eigenvalue weighted by atomic mass is 127. The molecule has 0 amide bonds. The second kappa shape index (κ2) is 14.2. The number of nitrogens with one attached hydrogen (secondary N) is 1. The molecule has 0 spiro atoms. The van der Waals surface area contributed by atoms with Crippen molar-refractivity contribution in [1.29, 1.82) is 0 Å². The molecule has 0 atom stereocenters. The van der Waals surface area contributed by atoms with Gasteiger partial charge in [-0.3, -0.25) is 4.99 Å². The van der Waals surface area contributed by atoms with Gasteiger partial charge in [0.15, 0.2) is 5.96 Å². The van der Waals surface area contributed by atoms with Crippen molar-refractivity contribution in [3.63, 3.8) is 0 Å². The molecule has 0 unspecified atom stereocenters. The summed E-state index contributed by atoms with van der Waals surface area (Å²) in [4.78, 5) is 4.28. The SMILES string of the molecule is COc1ccc(NC(N)=NCCCOCCOCc2ccccc2)cc1.I. The maximum absolute atomic E-state index is 5.86. The quantitative estimate of drug-likeness (QED) is 0.220. The van der Waals surface area contributed by atoms with Crippen LogP contribution in [-0.2, 0) is 16.1 Å². The number of guanidine groups is 1. The van der Waals surface area contributed by atoms with E-state index in [0.717, 1.165) is 17.9 Å². The number of nitrogens with two attached hydrogens (primary N) is 1. The first kappa shape index (κ1) is 23.2. The Morgan fingerprint density at radius 1 is 0.963 bits per heavy atom. The number of halogens is 1. The molecule has 0 saturated heterocycles. The van der Waals surface area contributed by atoms with Crippen molar-refractivity contribution >= 4 is 35.6 Å². The van der Waals surface area contributed by atoms with Crippen LogP contribution >= 0.6 is 24.0 Å². The Hall–Kier alpha value is -1.84. The zero-order chi connectivity index (χ0) is 18.5. The fourth-order valence-corrected chi connectivity index (χ4v) is 2.21. The number of hydrogen-bond acceptors (Lipinski definition) is 4. The third-order valence-corrected chi connectivity index (χ3v) is 3.57. The van der Waals surface area contributed by atoms with Crippen molar-refractivity contribution in [2.45, 2.75) is 13.0 Å². The molecule has 2 aromatic carbocycles. The average Bonchev–Trinajstić information content (AvgIpc) is 2.68. The molecule has 0 heterocycles. The van der Waals surface area contributed by atoms with Gasteiger partial charge in [0.05, 0.1) is 26.9 Å². The Bertz CT molecular complexity index is 651. The van der Waals surface area contributed by atoms with Crippen molar-refractivity contribution < 1.29 is 14.2 Å². The topological polar surface area (TPSA) is 78.1 Å². The lowest BCUT2D eigenvalue weighted by Gasteiger charge is -2.07. The van der Waals surface area contributed by atoms with Gasteiger partial charge in [-0.15, -0.1) is 24.0 Å². The van der Waals surface area contributed by atoms with E-state index >= 15 is 0 Å². The van der Waals surface area contributed by atoms with E-state index in [2.05, 4.69) is 10.3 Å². The van der Waals surface area contributed by atoms with Gasteiger partial charge in [0, 0.05) is 18.8 Å². The molecule has 0 fully saturated rings. The number of methoxy groups -OCH3 is 1. The molecule has 0 radical (unpaired) electrons. The van der Waals surface area contributed by atoms with Gasteiger partial charge in [0.2, 0.25) is 0 Å². The summed E-state index contributed by atoms with van der Waals surface area (Å²) in [7, 11) is 1.63. The second-order valence-electron chi connectivity index (χ2n) is 5.62. The lowest BCUT2D eigenvalue weighted by molar-refractivity contribution is 0.0403. The first-order valence-electron chi connectivity index (χ1n) is 8.68. The van der Waals surface area contributed by atoms with Crippen LogP contribution in [0.3, 0.4) is 0 Å². The summed E-state index contributed by atoms with van der Waals surface area (Å²) in [5, 5.41) is 3.04. The lowest BCUT2D eigenvalue weighted by atomic mass is 10.2. The van der Waals surface area contributed by atoms with E-state index in [1.807, 2.05) is 54.6 Å². The largest absolute Gasteiger partial charge is 0.497 e. The van der Waals surface area contributed by atoms with E-state index in [1.165, 1.54) is 5.56 Å². The Labute approximate surface area is 178 Å². The normalized spacial score (nSPS) is 10.9. The highest BCUT2D eigenvalue weighted by Crippen LogP contribution is 2.14. The first-order chi connectivity index (χ1) is 12.8. The fourth-order valence-electron chi connectivity index (χ4n) is 2.21. The maximum atomic E-state index is 5.86. The van der Waals surface area contributed by atoms with Crippen molar-refractivity contribution in [3.05, 3.63) is 60.2 Å². The molecule has 0 aromatic heterocycles. The second-order valence-corrected chi connectivity index (χ2v) is 5.62. The highest BCUT2D eigenvalue weighted by molar-refractivity contribution is 14.0. The van der Waals surface area contributed by atoms with Crippen LogP contribution in [0.25, 0.3) is 0 Å². The molecule has 2 aromatic rings.